The molecular weight excluding hydrogens is 1020 g/mol. The molecule has 0 fully saturated rings. The van der Waals surface area contributed by atoms with Crippen LogP contribution in [0.15, 0.2) is 146 Å². The lowest BCUT2D eigenvalue weighted by Gasteiger charge is -2.18. The molecule has 1 unspecified atom stereocenters. The summed E-state index contributed by atoms with van der Waals surface area (Å²) in [5, 5.41) is 0. The molecule has 0 aliphatic carbocycles. The first kappa shape index (κ1) is 78.3. The average Bonchev–Trinajstić information content (AvgIpc) is 3.49. The third kappa shape index (κ3) is 68.0. The van der Waals surface area contributed by atoms with Gasteiger partial charge in [-0.05, 0) is 109 Å². The maximum absolute atomic E-state index is 12.9. The van der Waals surface area contributed by atoms with Gasteiger partial charge >= 0.3 is 17.9 Å². The molecule has 0 saturated heterocycles. The Kier molecular flexibility index (Phi) is 65.8. The van der Waals surface area contributed by atoms with E-state index in [-0.39, 0.29) is 31.6 Å². The van der Waals surface area contributed by atoms with E-state index in [1.807, 2.05) is 6.08 Å². The first-order valence-electron chi connectivity index (χ1n) is 34.3. The molecular formula is C77H126O6. The molecule has 0 spiro atoms. The number of hydrogen-bond acceptors (Lipinski definition) is 6. The molecule has 0 rings (SSSR count). The molecule has 0 saturated carbocycles. The van der Waals surface area contributed by atoms with E-state index in [4.69, 9.17) is 14.2 Å². The second-order valence-electron chi connectivity index (χ2n) is 22.3. The predicted octanol–water partition coefficient (Wildman–Crippen LogP) is 23.9. The number of carbonyl (C=O) groups is 3. The van der Waals surface area contributed by atoms with E-state index in [1.54, 1.807) is 0 Å². The third-order valence-electron chi connectivity index (χ3n) is 14.4. The second-order valence-corrected chi connectivity index (χ2v) is 22.3. The zero-order chi connectivity index (χ0) is 59.9. The molecule has 6 nitrogen and oxygen atoms in total. The number of hydrogen-bond donors (Lipinski definition) is 0. The zero-order valence-electron chi connectivity index (χ0n) is 53.9. The second kappa shape index (κ2) is 69.8. The Labute approximate surface area is 512 Å². The van der Waals surface area contributed by atoms with E-state index in [1.165, 1.54) is 135 Å². The Morgan fingerprint density at radius 2 is 0.494 bits per heavy atom. The van der Waals surface area contributed by atoms with E-state index in [0.29, 0.717) is 19.3 Å². The van der Waals surface area contributed by atoms with E-state index >= 15 is 0 Å². The molecule has 0 bridgehead atoms. The Morgan fingerprint density at radius 1 is 0.253 bits per heavy atom. The summed E-state index contributed by atoms with van der Waals surface area (Å²) >= 11 is 0. The Morgan fingerprint density at radius 3 is 0.783 bits per heavy atom. The predicted molar refractivity (Wildman–Crippen MR) is 362 cm³/mol. The van der Waals surface area contributed by atoms with Gasteiger partial charge in [-0.15, -0.1) is 0 Å². The van der Waals surface area contributed by atoms with Crippen LogP contribution in [0.25, 0.3) is 0 Å². The summed E-state index contributed by atoms with van der Waals surface area (Å²) in [6, 6.07) is 0. The molecule has 0 N–H and O–H groups in total. The van der Waals surface area contributed by atoms with Crippen molar-refractivity contribution < 1.29 is 28.6 Å². The minimum atomic E-state index is -0.826. The van der Waals surface area contributed by atoms with Gasteiger partial charge in [0.05, 0.1) is 0 Å². The molecule has 0 aromatic heterocycles. The number of allylic oxidation sites excluding steroid dienone is 24. The molecule has 83 heavy (non-hydrogen) atoms. The van der Waals surface area contributed by atoms with Crippen LogP contribution >= 0.6 is 0 Å². The molecule has 0 aromatic carbocycles. The Hall–Kier alpha value is -4.71. The van der Waals surface area contributed by atoms with Gasteiger partial charge in [0.15, 0.2) is 6.10 Å². The van der Waals surface area contributed by atoms with Crippen LogP contribution in [0, 0.1) is 0 Å². The van der Waals surface area contributed by atoms with Crippen LogP contribution in [0.4, 0.5) is 0 Å². The van der Waals surface area contributed by atoms with Crippen molar-refractivity contribution in [3.05, 3.63) is 146 Å². The van der Waals surface area contributed by atoms with Gasteiger partial charge in [0.1, 0.15) is 13.2 Å². The van der Waals surface area contributed by atoms with Gasteiger partial charge in [0.25, 0.3) is 0 Å². The van der Waals surface area contributed by atoms with Gasteiger partial charge in [-0.25, -0.2) is 0 Å². The lowest BCUT2D eigenvalue weighted by atomic mass is 10.0. The minimum absolute atomic E-state index is 0.111. The van der Waals surface area contributed by atoms with Crippen LogP contribution in [-0.2, 0) is 28.6 Å². The zero-order valence-corrected chi connectivity index (χ0v) is 53.9. The highest BCUT2D eigenvalue weighted by molar-refractivity contribution is 5.71. The van der Waals surface area contributed by atoms with Crippen molar-refractivity contribution in [2.75, 3.05) is 13.2 Å². The van der Waals surface area contributed by atoms with Crippen molar-refractivity contribution in [2.24, 2.45) is 0 Å². The largest absolute Gasteiger partial charge is 0.462 e. The monoisotopic (exact) mass is 1150 g/mol. The van der Waals surface area contributed by atoms with E-state index in [2.05, 4.69) is 161 Å². The lowest BCUT2D eigenvalue weighted by Crippen LogP contribution is -2.30. The summed E-state index contributed by atoms with van der Waals surface area (Å²) in [7, 11) is 0. The van der Waals surface area contributed by atoms with E-state index < -0.39 is 12.1 Å². The molecule has 0 aromatic rings. The van der Waals surface area contributed by atoms with E-state index in [9.17, 15) is 14.4 Å². The highest BCUT2D eigenvalue weighted by Gasteiger charge is 2.19. The van der Waals surface area contributed by atoms with Gasteiger partial charge in [0, 0.05) is 19.3 Å². The topological polar surface area (TPSA) is 78.9 Å². The fraction of sp³-hybridized carbons (Fsp3) is 0.649. The van der Waals surface area contributed by atoms with Crippen molar-refractivity contribution in [2.45, 2.75) is 309 Å². The fourth-order valence-electron chi connectivity index (χ4n) is 9.30. The summed E-state index contributed by atoms with van der Waals surface area (Å²) in [5.74, 6) is -0.994. The maximum atomic E-state index is 12.9. The highest BCUT2D eigenvalue weighted by Crippen LogP contribution is 2.16. The highest BCUT2D eigenvalue weighted by atomic mass is 16.6. The van der Waals surface area contributed by atoms with Gasteiger partial charge < -0.3 is 14.2 Å². The first-order chi connectivity index (χ1) is 41.0. The van der Waals surface area contributed by atoms with Crippen LogP contribution in [0.2, 0.25) is 0 Å². The average molecular weight is 1150 g/mol. The summed E-state index contributed by atoms with van der Waals surface area (Å²) in [4.78, 5) is 38.4. The normalized spacial score (nSPS) is 13.0. The number of carbonyl (C=O) groups excluding carboxylic acids is 3. The fourth-order valence-corrected chi connectivity index (χ4v) is 9.30. The molecule has 6 heteroatoms. The summed E-state index contributed by atoms with van der Waals surface area (Å²) in [5.41, 5.74) is 0. The number of unbranched alkanes of at least 4 members (excludes halogenated alkanes) is 26. The van der Waals surface area contributed by atoms with Gasteiger partial charge in [0.2, 0.25) is 0 Å². The van der Waals surface area contributed by atoms with E-state index in [0.717, 1.165) is 122 Å². The molecule has 1 atom stereocenters. The summed E-state index contributed by atoms with van der Waals surface area (Å²) in [6.45, 7) is 6.37. The summed E-state index contributed by atoms with van der Waals surface area (Å²) < 4.78 is 16.9. The van der Waals surface area contributed by atoms with Gasteiger partial charge in [-0.1, -0.05) is 321 Å². The molecule has 0 radical (unpaired) electrons. The molecule has 0 amide bonds. The van der Waals surface area contributed by atoms with Gasteiger partial charge in [-0.3, -0.25) is 14.4 Å². The van der Waals surface area contributed by atoms with Crippen LogP contribution in [0.1, 0.15) is 303 Å². The smallest absolute Gasteiger partial charge is 0.306 e. The first-order valence-corrected chi connectivity index (χ1v) is 34.3. The lowest BCUT2D eigenvalue weighted by molar-refractivity contribution is -0.166. The SMILES string of the molecule is CC/C=C\C/C=C\C/C=C\C/C=C\C/C=C\C/C=C\CCCCCCCCCCCCC(=O)OCC(COC(=O)CCCCCCCCCCCCCCCCCCC)OC(=O)CC/C=C\C/C=C\C/C=C\C/C=C\C/C=C\C/C=C\CC. The van der Waals surface area contributed by atoms with Crippen LogP contribution in [0.5, 0.6) is 0 Å². The Bertz CT molecular complexity index is 1800. The molecule has 0 heterocycles. The molecule has 0 aliphatic heterocycles. The van der Waals surface area contributed by atoms with Crippen molar-refractivity contribution in [3.8, 4) is 0 Å². The maximum Gasteiger partial charge on any atom is 0.306 e. The van der Waals surface area contributed by atoms with Crippen molar-refractivity contribution in [3.63, 3.8) is 0 Å². The van der Waals surface area contributed by atoms with Crippen LogP contribution in [0.3, 0.4) is 0 Å². The third-order valence-corrected chi connectivity index (χ3v) is 14.4. The number of ether oxygens (including phenoxy) is 3. The van der Waals surface area contributed by atoms with Crippen molar-refractivity contribution >= 4 is 17.9 Å². The van der Waals surface area contributed by atoms with Crippen molar-refractivity contribution in [1.82, 2.24) is 0 Å². The van der Waals surface area contributed by atoms with Gasteiger partial charge in [-0.2, -0.15) is 0 Å². The van der Waals surface area contributed by atoms with Crippen molar-refractivity contribution in [1.29, 1.82) is 0 Å². The Balaban J connectivity index is 4.43. The number of rotatable bonds is 61. The minimum Gasteiger partial charge on any atom is -0.462 e. The molecule has 470 valence electrons. The summed E-state index contributed by atoms with van der Waals surface area (Å²) in [6.07, 6.45) is 100. The van der Waals surface area contributed by atoms with Crippen LogP contribution < -0.4 is 0 Å². The molecule has 0 aliphatic rings. The number of esters is 3. The van der Waals surface area contributed by atoms with Crippen LogP contribution in [-0.4, -0.2) is 37.2 Å². The standard InChI is InChI=1S/C77H126O6/c1-4-7-10-13-16-19-22-25-28-31-33-34-35-36-37-38-39-40-41-42-44-46-49-52-55-58-61-64-67-70-76(79)82-73-74(72-81-75(78)69-66-63-60-57-54-51-48-45-30-27-24-21-18-15-12-9-6-3)83-77(80)71-68-65-62-59-56-53-50-47-43-32-29-26-23-20-17-14-11-8-5-2/h7-8,10-11,16-17,19-20,25-26,28-29,33-34,36-37,39-40,43,47,53,56,62,65,74H,4-6,9,12-15,18,21-24,27,30-32,35,38,41-42,44-46,48-52,54-55,57-61,63-64,66-73H2,1-3H3/b10-7-,11-8-,19-16-,20-17-,28-25-,29-26-,34-33-,37-36-,40-39-,47-43-,56-53-,65-62-. The quantitative estimate of drug-likeness (QED) is 0.0261.